The first-order valence-electron chi connectivity index (χ1n) is 26.5. The summed E-state index contributed by atoms with van der Waals surface area (Å²) in [4.78, 5) is 0. The smallest absolute Gasteiger partial charge is 0.0634 e. The average molecular weight is 901 g/mol. The van der Waals surface area contributed by atoms with Crippen LogP contribution in [0, 0.1) is 21.7 Å². The van der Waals surface area contributed by atoms with E-state index >= 15 is 0 Å². The first-order chi connectivity index (χ1) is 30.9. The van der Waals surface area contributed by atoms with Crippen molar-refractivity contribution in [3.63, 3.8) is 0 Å². The van der Waals surface area contributed by atoms with E-state index in [0.29, 0.717) is 0 Å². The van der Waals surface area contributed by atoms with Gasteiger partial charge >= 0.3 is 0 Å². The number of benzene rings is 5. The molecule has 2 nitrogen and oxygen atoms in total. The monoisotopic (exact) mass is 901 g/mol. The second kappa shape index (κ2) is 10.9. The molecular formula is C66H80N2. The van der Waals surface area contributed by atoms with Gasteiger partial charge in [0.25, 0.3) is 0 Å². The van der Waals surface area contributed by atoms with Gasteiger partial charge in [0.2, 0.25) is 0 Å². The molecule has 0 bridgehead atoms. The zero-order valence-corrected chi connectivity index (χ0v) is 46.5. The molecule has 4 heterocycles. The second-order valence-corrected chi connectivity index (χ2v) is 30.0. The Morgan fingerprint density at radius 2 is 0.515 bits per heavy atom. The predicted octanol–water partition coefficient (Wildman–Crippen LogP) is 18.4. The van der Waals surface area contributed by atoms with Gasteiger partial charge < -0.3 is 8.80 Å². The molecule has 0 aliphatic heterocycles. The van der Waals surface area contributed by atoms with Crippen LogP contribution in [-0.4, -0.2) is 8.80 Å². The van der Waals surface area contributed by atoms with E-state index < -0.39 is 0 Å². The van der Waals surface area contributed by atoms with Crippen molar-refractivity contribution >= 4 is 76.2 Å². The van der Waals surface area contributed by atoms with Crippen LogP contribution >= 0.6 is 0 Å². The number of aromatic nitrogens is 2. The van der Waals surface area contributed by atoms with E-state index in [9.17, 15) is 0 Å². The summed E-state index contributed by atoms with van der Waals surface area (Å²) in [7, 11) is 0. The first-order valence-corrected chi connectivity index (χ1v) is 26.5. The van der Waals surface area contributed by atoms with Gasteiger partial charge in [-0.25, -0.2) is 0 Å². The van der Waals surface area contributed by atoms with Crippen LogP contribution < -0.4 is 0 Å². The lowest BCUT2D eigenvalue weighted by atomic mass is 9.59. The van der Waals surface area contributed by atoms with E-state index in [2.05, 4.69) is 224 Å². The summed E-state index contributed by atoms with van der Waals surface area (Å²) in [5.41, 5.74) is 20.4. The van der Waals surface area contributed by atoms with Gasteiger partial charge in [0, 0.05) is 43.1 Å². The van der Waals surface area contributed by atoms with E-state index in [0.717, 1.165) is 0 Å². The molecule has 2 heteroatoms. The Bertz CT molecular complexity index is 3630. The fourth-order valence-corrected chi connectivity index (χ4v) is 17.1. The largest absolute Gasteiger partial charge is 0.308 e. The van der Waals surface area contributed by atoms with Crippen molar-refractivity contribution in [2.45, 2.75) is 209 Å². The zero-order valence-electron chi connectivity index (χ0n) is 46.5. The van der Waals surface area contributed by atoms with Crippen molar-refractivity contribution in [1.82, 2.24) is 8.80 Å². The van der Waals surface area contributed by atoms with Gasteiger partial charge in [-0.3, -0.25) is 0 Å². The van der Waals surface area contributed by atoms with E-state index in [1.54, 1.807) is 11.1 Å². The summed E-state index contributed by atoms with van der Waals surface area (Å²) in [6.07, 6.45) is 0. The number of fused-ring (bicyclic) bond motifs is 20. The molecule has 0 radical (unpaired) electrons. The summed E-state index contributed by atoms with van der Waals surface area (Å²) < 4.78 is 5.61. The molecule has 0 atom stereocenters. The predicted molar refractivity (Wildman–Crippen MR) is 295 cm³/mol. The van der Waals surface area contributed by atoms with Crippen LogP contribution in [0.4, 0.5) is 0 Å². The Balaban J connectivity index is 1.40. The molecule has 68 heavy (non-hydrogen) atoms. The van der Waals surface area contributed by atoms with E-state index in [1.807, 2.05) is 0 Å². The fraction of sp³-hybridized carbons (Fsp3) is 0.545. The third-order valence-electron chi connectivity index (χ3n) is 26.3. The maximum absolute atomic E-state index is 2.81. The zero-order chi connectivity index (χ0) is 49.5. The van der Waals surface area contributed by atoms with Gasteiger partial charge in [-0.1, -0.05) is 178 Å². The van der Waals surface area contributed by atoms with E-state index in [-0.39, 0.29) is 65.0 Å². The molecule has 0 spiro atoms. The molecule has 4 aliphatic carbocycles. The summed E-state index contributed by atoms with van der Waals surface area (Å²) in [6.45, 7) is 60.9. The van der Waals surface area contributed by atoms with Crippen molar-refractivity contribution < 1.29 is 0 Å². The number of nitrogens with zero attached hydrogens (tertiary/aromatic N) is 2. The molecular weight excluding hydrogens is 821 g/mol. The molecule has 0 unspecified atom stereocenters. The van der Waals surface area contributed by atoms with Crippen LogP contribution in [0.1, 0.15) is 211 Å². The summed E-state index contributed by atoms with van der Waals surface area (Å²) in [5.74, 6) is 0. The van der Waals surface area contributed by atoms with Crippen molar-refractivity contribution in [3.8, 4) is 0 Å². The number of hydrogen-bond donors (Lipinski definition) is 0. The van der Waals surface area contributed by atoms with Crippen LogP contribution in [-0.2, 0) is 43.3 Å². The Morgan fingerprint density at radius 1 is 0.250 bits per heavy atom. The van der Waals surface area contributed by atoms with Gasteiger partial charge in [-0.15, -0.1) is 0 Å². The fourth-order valence-electron chi connectivity index (χ4n) is 17.1. The maximum Gasteiger partial charge on any atom is 0.0634 e. The molecule has 4 aromatic heterocycles. The highest BCUT2D eigenvalue weighted by Crippen LogP contribution is 2.69. The third-order valence-corrected chi connectivity index (χ3v) is 26.3. The molecule has 4 aliphatic rings. The van der Waals surface area contributed by atoms with Crippen LogP contribution in [0.5, 0.6) is 0 Å². The van der Waals surface area contributed by atoms with Crippen molar-refractivity contribution in [1.29, 1.82) is 0 Å². The molecule has 0 amide bonds. The average Bonchev–Trinajstić information content (AvgIpc) is 4.02. The molecule has 9 aromatic rings. The SMILES string of the molecule is CC1(C)c2cc3c4c5c6c7c(ccc6n6c8cc9c(cc8c(c8c%10c%11c(ccc%10n(c3cc2C(C)(C)C1(C)C)c48)C(C)(C)C(C)(C)C%11(C)C)c56)C(C)(C)C(C)(C)C9(C)C)C(C)(C)C(C)(C)C7(C)C. The van der Waals surface area contributed by atoms with Gasteiger partial charge in [0.1, 0.15) is 0 Å². The van der Waals surface area contributed by atoms with Gasteiger partial charge in [-0.2, -0.15) is 0 Å². The molecule has 5 aromatic carbocycles. The Morgan fingerprint density at radius 3 is 0.824 bits per heavy atom. The third kappa shape index (κ3) is 3.77. The van der Waals surface area contributed by atoms with Gasteiger partial charge in [0.15, 0.2) is 0 Å². The topological polar surface area (TPSA) is 8.82 Å². The van der Waals surface area contributed by atoms with Crippen LogP contribution in [0.3, 0.4) is 0 Å². The highest BCUT2D eigenvalue weighted by atomic mass is 15.0. The van der Waals surface area contributed by atoms with E-state index in [4.69, 9.17) is 0 Å². The highest BCUT2D eigenvalue weighted by Gasteiger charge is 2.61. The highest BCUT2D eigenvalue weighted by molar-refractivity contribution is 6.46. The van der Waals surface area contributed by atoms with Crippen LogP contribution in [0.25, 0.3) is 76.2 Å². The standard InChI is InChI=1S/C66H80N2/c1-55(2)35-25-27-41-47(51(35)61(13,14)65(55,21)22)49-45-33-29-37-40(60(11,12)63(17,18)57(37,5)6)32-44(33)68-42-28-26-36-52(62(15,16)66(23,24)56(36,3)4)48(42)50(54(45)68)46-34-30-38-39(31-43(34)67(41)53(46)49)59(9,10)64(19,20)58(38,7)8/h25-32H,1-24H3. The minimum atomic E-state index is -0.0908. The minimum Gasteiger partial charge on any atom is -0.308 e. The minimum absolute atomic E-state index is 0.0168. The summed E-state index contributed by atoms with van der Waals surface area (Å²) in [6, 6.07) is 21.0. The van der Waals surface area contributed by atoms with Crippen molar-refractivity contribution in [2.75, 3.05) is 0 Å². The Labute approximate surface area is 407 Å². The lowest BCUT2D eigenvalue weighted by Gasteiger charge is -2.44. The first kappa shape index (κ1) is 43.7. The van der Waals surface area contributed by atoms with Gasteiger partial charge in [0.05, 0.1) is 33.1 Å². The number of rotatable bonds is 0. The van der Waals surface area contributed by atoms with E-state index in [1.165, 1.54) is 110 Å². The second-order valence-electron chi connectivity index (χ2n) is 30.0. The van der Waals surface area contributed by atoms with Crippen LogP contribution in [0.2, 0.25) is 0 Å². The molecule has 0 fully saturated rings. The molecule has 354 valence electrons. The van der Waals surface area contributed by atoms with Gasteiger partial charge in [-0.05, 0) is 146 Å². The Hall–Kier alpha value is -4.30. The summed E-state index contributed by atoms with van der Waals surface area (Å²) >= 11 is 0. The normalized spacial score (nSPS) is 25.3. The maximum atomic E-state index is 2.81. The number of hydrogen-bond acceptors (Lipinski definition) is 0. The van der Waals surface area contributed by atoms with Crippen molar-refractivity contribution in [3.05, 3.63) is 93.0 Å². The molecule has 0 N–H and O–H groups in total. The van der Waals surface area contributed by atoms with Crippen LogP contribution in [0.15, 0.2) is 48.5 Å². The quantitative estimate of drug-likeness (QED) is 0.143. The molecule has 0 saturated heterocycles. The lowest BCUT2D eigenvalue weighted by Crippen LogP contribution is -2.42. The van der Waals surface area contributed by atoms with Crippen molar-refractivity contribution in [2.24, 2.45) is 21.7 Å². The summed E-state index contributed by atoms with van der Waals surface area (Å²) in [5, 5.41) is 11.7. The molecule has 13 rings (SSSR count). The lowest BCUT2D eigenvalue weighted by molar-refractivity contribution is 0.125. The Kier molecular flexibility index (Phi) is 7.03. The molecule has 0 saturated carbocycles.